The van der Waals surface area contributed by atoms with Crippen molar-refractivity contribution >= 4 is 11.6 Å². The molecule has 3 rings (SSSR count). The zero-order chi connectivity index (χ0) is 13.2. The molecule has 0 N–H and O–H groups in total. The van der Waals surface area contributed by atoms with Crippen LogP contribution < -0.4 is 0 Å². The van der Waals surface area contributed by atoms with Gasteiger partial charge < -0.3 is 4.74 Å². The number of benzene rings is 1. The molecule has 0 saturated carbocycles. The number of rotatable bonds is 3. The van der Waals surface area contributed by atoms with Crippen LogP contribution in [0.1, 0.15) is 30.0 Å². The number of nitrogens with zero attached hydrogens (tertiary/aromatic N) is 1. The molecule has 2 nitrogen and oxygen atoms in total. The average molecular weight is 280 g/mol. The van der Waals surface area contributed by atoms with Crippen molar-refractivity contribution in [1.29, 1.82) is 0 Å². The van der Waals surface area contributed by atoms with Crippen LogP contribution in [0.25, 0.3) is 0 Å². The Bertz CT molecular complexity index is 448. The van der Waals surface area contributed by atoms with E-state index in [1.54, 1.807) is 11.1 Å². The van der Waals surface area contributed by atoms with Crippen molar-refractivity contribution in [2.24, 2.45) is 0 Å². The van der Waals surface area contributed by atoms with E-state index in [9.17, 15) is 0 Å². The second-order valence-electron chi connectivity index (χ2n) is 5.87. The van der Waals surface area contributed by atoms with Crippen LogP contribution >= 0.6 is 11.6 Å². The van der Waals surface area contributed by atoms with E-state index in [4.69, 9.17) is 16.3 Å². The summed E-state index contributed by atoms with van der Waals surface area (Å²) >= 11 is 5.94. The highest BCUT2D eigenvalue weighted by molar-refractivity contribution is 6.18. The van der Waals surface area contributed by atoms with Crippen molar-refractivity contribution in [3.8, 4) is 0 Å². The lowest BCUT2D eigenvalue weighted by molar-refractivity contribution is -0.0688. The minimum absolute atomic E-state index is 0.180. The maximum absolute atomic E-state index is 5.94. The highest BCUT2D eigenvalue weighted by Crippen LogP contribution is 2.24. The first-order valence-electron chi connectivity index (χ1n) is 7.29. The maximum atomic E-state index is 5.94. The highest BCUT2D eigenvalue weighted by Gasteiger charge is 2.24. The topological polar surface area (TPSA) is 12.5 Å². The Hall–Kier alpha value is -0.570. The molecular weight excluding hydrogens is 258 g/mol. The Labute approximate surface area is 120 Å². The summed E-state index contributed by atoms with van der Waals surface area (Å²) in [6, 6.07) is 7.01. The van der Waals surface area contributed by atoms with Crippen LogP contribution in [0.4, 0.5) is 0 Å². The molecule has 2 unspecified atom stereocenters. The van der Waals surface area contributed by atoms with E-state index in [2.05, 4.69) is 30.0 Å². The van der Waals surface area contributed by atoms with Crippen molar-refractivity contribution in [2.45, 2.75) is 44.9 Å². The third-order valence-electron chi connectivity index (χ3n) is 4.14. The molecular formula is C16H22ClNO. The summed E-state index contributed by atoms with van der Waals surface area (Å²) in [5, 5.41) is 0. The lowest BCUT2D eigenvalue weighted by atomic mass is 10.1. The molecule has 3 heteroatoms. The summed E-state index contributed by atoms with van der Waals surface area (Å²) in [7, 11) is 0. The van der Waals surface area contributed by atoms with Crippen molar-refractivity contribution in [1.82, 2.24) is 4.90 Å². The second-order valence-corrected chi connectivity index (χ2v) is 6.18. The van der Waals surface area contributed by atoms with Crippen LogP contribution in [-0.2, 0) is 24.1 Å². The largest absolute Gasteiger partial charge is 0.371 e. The first-order chi connectivity index (χ1) is 9.24. The minimum Gasteiger partial charge on any atom is -0.371 e. The molecule has 1 saturated heterocycles. The molecule has 1 aliphatic carbocycles. The van der Waals surface area contributed by atoms with Gasteiger partial charge in [-0.1, -0.05) is 18.2 Å². The number of alkyl halides is 1. The van der Waals surface area contributed by atoms with E-state index >= 15 is 0 Å². The molecule has 1 aromatic rings. The normalized spacial score (nSPS) is 27.5. The number of hydrogen-bond donors (Lipinski definition) is 0. The molecule has 0 spiro atoms. The molecule has 2 aliphatic rings. The SMILES string of the molecule is CC1CN(Cc2ccc3c(c2)CCC3)CC(CCl)O1. The van der Waals surface area contributed by atoms with Crippen LogP contribution in [0, 0.1) is 0 Å². The zero-order valence-electron chi connectivity index (χ0n) is 11.6. The smallest absolute Gasteiger partial charge is 0.0841 e. The van der Waals surface area contributed by atoms with Crippen LogP contribution in [0.2, 0.25) is 0 Å². The first kappa shape index (κ1) is 13.4. The lowest BCUT2D eigenvalue weighted by Crippen LogP contribution is -2.46. The summed E-state index contributed by atoms with van der Waals surface area (Å²) in [4.78, 5) is 2.47. The Balaban J connectivity index is 1.67. The summed E-state index contributed by atoms with van der Waals surface area (Å²) in [5.41, 5.74) is 4.55. The highest BCUT2D eigenvalue weighted by atomic mass is 35.5. The van der Waals surface area contributed by atoms with Crippen LogP contribution in [0.5, 0.6) is 0 Å². The van der Waals surface area contributed by atoms with Crippen LogP contribution in [0.3, 0.4) is 0 Å². The molecule has 0 amide bonds. The number of morpholine rings is 1. The fourth-order valence-corrected chi connectivity index (χ4v) is 3.51. The maximum Gasteiger partial charge on any atom is 0.0841 e. The molecule has 2 atom stereocenters. The van der Waals surface area contributed by atoms with E-state index < -0.39 is 0 Å². The Kier molecular flexibility index (Phi) is 4.11. The van der Waals surface area contributed by atoms with Crippen molar-refractivity contribution < 1.29 is 4.74 Å². The van der Waals surface area contributed by atoms with E-state index in [1.807, 2.05) is 0 Å². The minimum atomic E-state index is 0.180. The third-order valence-corrected chi connectivity index (χ3v) is 4.49. The molecule has 1 aromatic carbocycles. The fraction of sp³-hybridized carbons (Fsp3) is 0.625. The third kappa shape index (κ3) is 3.13. The van der Waals surface area contributed by atoms with E-state index in [0.29, 0.717) is 5.88 Å². The van der Waals surface area contributed by atoms with Crippen LogP contribution in [-0.4, -0.2) is 36.1 Å². The number of halogens is 1. The van der Waals surface area contributed by atoms with Gasteiger partial charge in [0.1, 0.15) is 0 Å². The summed E-state index contributed by atoms with van der Waals surface area (Å²) < 4.78 is 5.80. The predicted molar refractivity (Wildman–Crippen MR) is 78.8 cm³/mol. The van der Waals surface area contributed by atoms with Gasteiger partial charge in [0.25, 0.3) is 0 Å². The van der Waals surface area contributed by atoms with Crippen molar-refractivity contribution in [3.05, 3.63) is 34.9 Å². The Morgan fingerprint density at radius 1 is 1.26 bits per heavy atom. The predicted octanol–water partition coefficient (Wildman–Crippen LogP) is 3.00. The van der Waals surface area contributed by atoms with E-state index in [0.717, 1.165) is 19.6 Å². The lowest BCUT2D eigenvalue weighted by Gasteiger charge is -2.36. The molecule has 1 fully saturated rings. The Morgan fingerprint density at radius 3 is 2.95 bits per heavy atom. The molecule has 104 valence electrons. The molecule has 0 aromatic heterocycles. The van der Waals surface area contributed by atoms with E-state index in [-0.39, 0.29) is 12.2 Å². The number of aryl methyl sites for hydroxylation is 2. The van der Waals surface area contributed by atoms with Gasteiger partial charge in [-0.25, -0.2) is 0 Å². The van der Waals surface area contributed by atoms with Gasteiger partial charge in [-0.3, -0.25) is 4.90 Å². The molecule has 0 bridgehead atoms. The monoisotopic (exact) mass is 279 g/mol. The summed E-state index contributed by atoms with van der Waals surface area (Å²) in [6.07, 6.45) is 4.31. The molecule has 19 heavy (non-hydrogen) atoms. The second kappa shape index (κ2) is 5.82. The van der Waals surface area contributed by atoms with Gasteiger partial charge in [0.15, 0.2) is 0 Å². The van der Waals surface area contributed by atoms with Crippen molar-refractivity contribution in [3.63, 3.8) is 0 Å². The summed E-state index contributed by atoms with van der Waals surface area (Å²) in [6.45, 7) is 5.11. The zero-order valence-corrected chi connectivity index (χ0v) is 12.3. The molecule has 1 heterocycles. The standard InChI is InChI=1S/C16H22ClNO/c1-12-9-18(11-16(8-17)19-12)10-13-5-6-14-3-2-4-15(14)7-13/h5-7,12,16H,2-4,8-11H2,1H3. The fourth-order valence-electron chi connectivity index (χ4n) is 3.34. The van der Waals surface area contributed by atoms with Gasteiger partial charge in [-0.05, 0) is 42.9 Å². The van der Waals surface area contributed by atoms with Gasteiger partial charge in [-0.15, -0.1) is 11.6 Å². The number of ether oxygens (including phenoxy) is 1. The van der Waals surface area contributed by atoms with Gasteiger partial charge in [-0.2, -0.15) is 0 Å². The summed E-state index contributed by atoms with van der Waals surface area (Å²) in [5.74, 6) is 0.588. The quantitative estimate of drug-likeness (QED) is 0.789. The van der Waals surface area contributed by atoms with Crippen molar-refractivity contribution in [2.75, 3.05) is 19.0 Å². The first-order valence-corrected chi connectivity index (χ1v) is 7.82. The van der Waals surface area contributed by atoms with Gasteiger partial charge in [0.2, 0.25) is 0 Å². The van der Waals surface area contributed by atoms with E-state index in [1.165, 1.54) is 24.8 Å². The van der Waals surface area contributed by atoms with Gasteiger partial charge in [0.05, 0.1) is 12.2 Å². The number of hydrogen-bond acceptors (Lipinski definition) is 2. The molecule has 0 radical (unpaired) electrons. The molecule has 1 aliphatic heterocycles. The van der Waals surface area contributed by atoms with Crippen LogP contribution in [0.15, 0.2) is 18.2 Å². The average Bonchev–Trinajstić information content (AvgIpc) is 2.85. The Morgan fingerprint density at radius 2 is 2.11 bits per heavy atom. The van der Waals surface area contributed by atoms with Gasteiger partial charge in [0, 0.05) is 25.5 Å². The number of fused-ring (bicyclic) bond motifs is 1. The van der Waals surface area contributed by atoms with Gasteiger partial charge >= 0.3 is 0 Å².